The number of hydrogen-bond donors (Lipinski definition) is 0. The predicted octanol–water partition coefficient (Wildman–Crippen LogP) is 1.23. The third-order valence-corrected chi connectivity index (χ3v) is 3.63. The lowest BCUT2D eigenvalue weighted by molar-refractivity contribution is 0.168. The third kappa shape index (κ3) is 3.28. The standard InChI is InChI=1S/C12H20NO2/c14-9-11-1-5-13(6-2-11)7-3-12-4-8-15-10-12/h11-12H,1-8,10H2. The zero-order chi connectivity index (χ0) is 10.5. The van der Waals surface area contributed by atoms with Crippen LogP contribution in [0.4, 0.5) is 0 Å². The van der Waals surface area contributed by atoms with Crippen LogP contribution in [0.2, 0.25) is 0 Å². The van der Waals surface area contributed by atoms with Gasteiger partial charge in [-0.05, 0) is 51.2 Å². The molecule has 2 rings (SSSR count). The van der Waals surface area contributed by atoms with Crippen molar-refractivity contribution in [1.82, 2.24) is 4.90 Å². The molecule has 2 aliphatic rings. The second-order valence-electron chi connectivity index (χ2n) is 4.75. The van der Waals surface area contributed by atoms with E-state index in [0.29, 0.717) is 0 Å². The Morgan fingerprint density at radius 2 is 2.07 bits per heavy atom. The molecule has 15 heavy (non-hydrogen) atoms. The van der Waals surface area contributed by atoms with Gasteiger partial charge < -0.3 is 9.64 Å². The molecular formula is C12H20NO2. The molecule has 3 heteroatoms. The quantitative estimate of drug-likeness (QED) is 0.699. The lowest BCUT2D eigenvalue weighted by atomic mass is 9.97. The molecule has 2 aliphatic heterocycles. The molecule has 1 unspecified atom stereocenters. The first-order valence-corrected chi connectivity index (χ1v) is 6.06. The van der Waals surface area contributed by atoms with Gasteiger partial charge in [0.15, 0.2) is 0 Å². The maximum absolute atomic E-state index is 10.5. The Kier molecular flexibility index (Phi) is 4.15. The Balaban J connectivity index is 1.61. The monoisotopic (exact) mass is 210 g/mol. The predicted molar refractivity (Wildman–Crippen MR) is 58.4 cm³/mol. The van der Waals surface area contributed by atoms with Crippen molar-refractivity contribution in [3.05, 3.63) is 0 Å². The topological polar surface area (TPSA) is 29.5 Å². The summed E-state index contributed by atoms with van der Waals surface area (Å²) in [5.74, 6) is 0.983. The molecule has 0 aromatic rings. The molecule has 0 aromatic heterocycles. The molecule has 0 N–H and O–H groups in total. The zero-order valence-electron chi connectivity index (χ0n) is 9.28. The molecule has 2 fully saturated rings. The van der Waals surface area contributed by atoms with E-state index in [1.165, 1.54) is 19.4 Å². The highest BCUT2D eigenvalue weighted by Crippen LogP contribution is 2.19. The number of nitrogens with zero attached hydrogens (tertiary/aromatic N) is 1. The Morgan fingerprint density at radius 1 is 1.27 bits per heavy atom. The molecule has 1 atom stereocenters. The fourth-order valence-electron chi connectivity index (χ4n) is 2.45. The van der Waals surface area contributed by atoms with Gasteiger partial charge in [0, 0.05) is 19.1 Å². The van der Waals surface area contributed by atoms with Crippen LogP contribution in [0.25, 0.3) is 0 Å². The van der Waals surface area contributed by atoms with E-state index in [-0.39, 0.29) is 5.92 Å². The first kappa shape index (κ1) is 11.1. The van der Waals surface area contributed by atoms with E-state index in [9.17, 15) is 4.79 Å². The summed E-state index contributed by atoms with van der Waals surface area (Å²) in [7, 11) is 0. The molecule has 2 saturated heterocycles. The van der Waals surface area contributed by atoms with Crippen molar-refractivity contribution in [3.8, 4) is 0 Å². The lowest BCUT2D eigenvalue weighted by Gasteiger charge is -2.29. The lowest BCUT2D eigenvalue weighted by Crippen LogP contribution is -2.35. The van der Waals surface area contributed by atoms with Gasteiger partial charge in [0.2, 0.25) is 6.29 Å². The van der Waals surface area contributed by atoms with Crippen LogP contribution in [-0.2, 0) is 9.53 Å². The zero-order valence-corrected chi connectivity index (χ0v) is 9.28. The van der Waals surface area contributed by atoms with Gasteiger partial charge in [-0.15, -0.1) is 0 Å². The Hall–Kier alpha value is -0.410. The third-order valence-electron chi connectivity index (χ3n) is 3.63. The molecular weight excluding hydrogens is 190 g/mol. The Bertz CT molecular complexity index is 194. The van der Waals surface area contributed by atoms with E-state index >= 15 is 0 Å². The van der Waals surface area contributed by atoms with Crippen LogP contribution in [0.15, 0.2) is 0 Å². The van der Waals surface area contributed by atoms with Gasteiger partial charge in [0.05, 0.1) is 0 Å². The summed E-state index contributed by atoms with van der Waals surface area (Å²) in [6.45, 7) is 5.24. The van der Waals surface area contributed by atoms with Crippen molar-refractivity contribution in [1.29, 1.82) is 0 Å². The van der Waals surface area contributed by atoms with Gasteiger partial charge in [-0.3, -0.25) is 4.79 Å². The second-order valence-corrected chi connectivity index (χ2v) is 4.75. The van der Waals surface area contributed by atoms with Gasteiger partial charge in [-0.1, -0.05) is 0 Å². The van der Waals surface area contributed by atoms with E-state index in [4.69, 9.17) is 4.74 Å². The van der Waals surface area contributed by atoms with Crippen molar-refractivity contribution in [3.63, 3.8) is 0 Å². The summed E-state index contributed by atoms with van der Waals surface area (Å²) in [5, 5.41) is 0. The minimum atomic E-state index is 0.205. The van der Waals surface area contributed by atoms with Crippen LogP contribution in [0.1, 0.15) is 25.7 Å². The largest absolute Gasteiger partial charge is 0.381 e. The van der Waals surface area contributed by atoms with Crippen molar-refractivity contribution in [2.45, 2.75) is 25.7 Å². The summed E-state index contributed by atoms with van der Waals surface area (Å²) in [5.41, 5.74) is 0. The average molecular weight is 210 g/mol. The second kappa shape index (κ2) is 5.61. The number of carbonyl (C=O) groups excluding carboxylic acids is 1. The normalized spacial score (nSPS) is 29.5. The minimum Gasteiger partial charge on any atom is -0.381 e. The van der Waals surface area contributed by atoms with Crippen LogP contribution >= 0.6 is 0 Å². The molecule has 0 aliphatic carbocycles. The van der Waals surface area contributed by atoms with Crippen LogP contribution in [0, 0.1) is 11.8 Å². The van der Waals surface area contributed by atoms with Crippen molar-refractivity contribution < 1.29 is 9.53 Å². The first-order valence-electron chi connectivity index (χ1n) is 6.06. The van der Waals surface area contributed by atoms with Crippen LogP contribution < -0.4 is 0 Å². The number of hydrogen-bond acceptors (Lipinski definition) is 3. The fourth-order valence-corrected chi connectivity index (χ4v) is 2.45. The van der Waals surface area contributed by atoms with E-state index in [1.54, 1.807) is 0 Å². The maximum atomic E-state index is 10.5. The SMILES string of the molecule is O=[C]C1CCN(CCC2CCOC2)CC1. The molecule has 1 radical (unpaired) electrons. The van der Waals surface area contributed by atoms with Gasteiger partial charge in [0.1, 0.15) is 0 Å². The summed E-state index contributed by atoms with van der Waals surface area (Å²) in [6.07, 6.45) is 6.63. The van der Waals surface area contributed by atoms with E-state index in [1.807, 2.05) is 0 Å². The molecule has 3 nitrogen and oxygen atoms in total. The highest BCUT2D eigenvalue weighted by molar-refractivity contribution is 5.54. The Labute approximate surface area is 91.8 Å². The first-order chi connectivity index (χ1) is 7.38. The fraction of sp³-hybridized carbons (Fsp3) is 0.917. The summed E-state index contributed by atoms with van der Waals surface area (Å²) in [6, 6.07) is 0. The molecule has 0 amide bonds. The van der Waals surface area contributed by atoms with E-state index in [0.717, 1.165) is 45.1 Å². The van der Waals surface area contributed by atoms with Crippen molar-refractivity contribution in [2.75, 3.05) is 32.8 Å². The highest BCUT2D eigenvalue weighted by Gasteiger charge is 2.21. The van der Waals surface area contributed by atoms with Crippen molar-refractivity contribution in [2.24, 2.45) is 11.8 Å². The molecule has 0 spiro atoms. The highest BCUT2D eigenvalue weighted by atomic mass is 16.5. The Morgan fingerprint density at radius 3 is 2.67 bits per heavy atom. The van der Waals surface area contributed by atoms with Gasteiger partial charge in [-0.2, -0.15) is 0 Å². The number of piperidine rings is 1. The van der Waals surface area contributed by atoms with Gasteiger partial charge >= 0.3 is 0 Å². The summed E-state index contributed by atoms with van der Waals surface area (Å²) in [4.78, 5) is 13.0. The van der Waals surface area contributed by atoms with E-state index < -0.39 is 0 Å². The summed E-state index contributed by atoms with van der Waals surface area (Å²) >= 11 is 0. The number of rotatable bonds is 4. The maximum Gasteiger partial charge on any atom is 0.201 e. The molecule has 0 bridgehead atoms. The summed E-state index contributed by atoms with van der Waals surface area (Å²) < 4.78 is 5.36. The molecule has 0 saturated carbocycles. The molecule has 85 valence electrons. The van der Waals surface area contributed by atoms with Crippen molar-refractivity contribution >= 4 is 6.29 Å². The number of ether oxygens (including phenoxy) is 1. The van der Waals surface area contributed by atoms with Gasteiger partial charge in [-0.25, -0.2) is 0 Å². The molecule has 2 heterocycles. The van der Waals surface area contributed by atoms with Gasteiger partial charge in [0.25, 0.3) is 0 Å². The van der Waals surface area contributed by atoms with Crippen LogP contribution in [0.5, 0.6) is 0 Å². The smallest absolute Gasteiger partial charge is 0.201 e. The molecule has 0 aromatic carbocycles. The average Bonchev–Trinajstić information content (AvgIpc) is 2.80. The van der Waals surface area contributed by atoms with Crippen LogP contribution in [-0.4, -0.2) is 44.0 Å². The minimum absolute atomic E-state index is 0.205. The van der Waals surface area contributed by atoms with Crippen LogP contribution in [0.3, 0.4) is 0 Å². The van der Waals surface area contributed by atoms with E-state index in [2.05, 4.69) is 11.2 Å². The number of likely N-dealkylation sites (tertiary alicyclic amines) is 1.